The Bertz CT molecular complexity index is 1780. The molecule has 2 aromatic heterocycles. The second-order valence-corrected chi connectivity index (χ2v) is 8.95. The van der Waals surface area contributed by atoms with E-state index in [-0.39, 0.29) is 26.7 Å². The van der Waals surface area contributed by atoms with Gasteiger partial charge in [-0.25, -0.2) is 0 Å². The molecule has 0 radical (unpaired) electrons. The molecule has 8 heteroatoms. The first-order valence-electron chi connectivity index (χ1n) is 9.18. The molecule has 0 aliphatic carbocycles. The maximum atomic E-state index is 13.2. The van der Waals surface area contributed by atoms with E-state index in [0.29, 0.717) is 38.3 Å². The van der Waals surface area contributed by atoms with Gasteiger partial charge in [-0.3, -0.25) is 14.1 Å². The zero-order valence-corrected chi connectivity index (χ0v) is 16.8. The van der Waals surface area contributed by atoms with Gasteiger partial charge >= 0.3 is 0 Å². The molecule has 0 spiro atoms. The lowest BCUT2D eigenvalue weighted by Crippen LogP contribution is -2.10. The molecular formula is C22H16N2O5S. The van der Waals surface area contributed by atoms with Crippen LogP contribution in [0.25, 0.3) is 43.6 Å². The summed E-state index contributed by atoms with van der Waals surface area (Å²) in [4.78, 5) is 32.0. The fourth-order valence-electron chi connectivity index (χ4n) is 3.98. The smallest absolute Gasteiger partial charge is 0.296 e. The molecule has 0 atom stereocenters. The molecular weight excluding hydrogens is 404 g/mol. The zero-order valence-electron chi connectivity index (χ0n) is 16.0. The number of nitrogens with one attached hydrogen (secondary N) is 2. The highest BCUT2D eigenvalue weighted by Crippen LogP contribution is 2.26. The summed E-state index contributed by atoms with van der Waals surface area (Å²) in [5.41, 5.74) is 2.44. The minimum absolute atomic E-state index is 0.00722. The quantitative estimate of drug-likeness (QED) is 0.283. The van der Waals surface area contributed by atoms with Crippen molar-refractivity contribution in [2.24, 2.45) is 0 Å². The average Bonchev–Trinajstić information content (AvgIpc) is 2.67. The van der Waals surface area contributed by atoms with E-state index in [1.807, 2.05) is 19.1 Å². The van der Waals surface area contributed by atoms with E-state index in [1.54, 1.807) is 25.1 Å². The van der Waals surface area contributed by atoms with E-state index in [9.17, 15) is 22.6 Å². The summed E-state index contributed by atoms with van der Waals surface area (Å²) in [6, 6.07) is 11.5. The van der Waals surface area contributed by atoms with E-state index in [2.05, 4.69) is 9.97 Å². The van der Waals surface area contributed by atoms with Gasteiger partial charge < -0.3 is 9.97 Å². The Morgan fingerprint density at radius 1 is 0.700 bits per heavy atom. The summed E-state index contributed by atoms with van der Waals surface area (Å²) in [5, 5.41) is 1.34. The second kappa shape index (κ2) is 6.01. The van der Waals surface area contributed by atoms with Crippen molar-refractivity contribution in [2.45, 2.75) is 18.7 Å². The molecule has 30 heavy (non-hydrogen) atoms. The maximum Gasteiger partial charge on any atom is 0.296 e. The van der Waals surface area contributed by atoms with Crippen molar-refractivity contribution < 1.29 is 13.0 Å². The molecule has 3 N–H and O–H groups in total. The van der Waals surface area contributed by atoms with Crippen molar-refractivity contribution in [3.63, 3.8) is 0 Å². The molecule has 5 aromatic rings. The van der Waals surface area contributed by atoms with Crippen LogP contribution in [0, 0.1) is 13.8 Å². The third-order valence-electron chi connectivity index (χ3n) is 5.36. The van der Waals surface area contributed by atoms with Gasteiger partial charge in [0, 0.05) is 27.1 Å². The highest BCUT2D eigenvalue weighted by atomic mass is 32.2. The number of fused-ring (bicyclic) bond motifs is 4. The highest BCUT2D eigenvalue weighted by Gasteiger charge is 2.19. The number of aryl methyl sites for hydroxylation is 2. The third kappa shape index (κ3) is 2.65. The number of aromatic amines is 2. The SMILES string of the molecule is Cc1ccc2c(=O)c3cc4[nH]c5c(S(=O)(=O)O)cc(C)cc5c(=O)c4cc3[nH]c2c1. The van der Waals surface area contributed by atoms with Crippen LogP contribution in [-0.4, -0.2) is 22.9 Å². The molecule has 0 saturated carbocycles. The highest BCUT2D eigenvalue weighted by molar-refractivity contribution is 7.86. The second-order valence-electron chi connectivity index (χ2n) is 7.56. The number of pyridine rings is 2. The van der Waals surface area contributed by atoms with Crippen LogP contribution in [0.3, 0.4) is 0 Å². The zero-order chi connectivity index (χ0) is 21.4. The molecule has 7 nitrogen and oxygen atoms in total. The summed E-state index contributed by atoms with van der Waals surface area (Å²) in [6.07, 6.45) is 0. The Morgan fingerprint density at radius 3 is 1.97 bits per heavy atom. The summed E-state index contributed by atoms with van der Waals surface area (Å²) < 4.78 is 33.4. The average molecular weight is 420 g/mol. The number of rotatable bonds is 1. The minimum Gasteiger partial charge on any atom is -0.354 e. The van der Waals surface area contributed by atoms with Gasteiger partial charge in [0.15, 0.2) is 10.9 Å². The first-order chi connectivity index (χ1) is 14.1. The number of hydrogen-bond acceptors (Lipinski definition) is 4. The van der Waals surface area contributed by atoms with Gasteiger partial charge in [0.05, 0.1) is 16.6 Å². The molecule has 0 unspecified atom stereocenters. The molecule has 2 heterocycles. The van der Waals surface area contributed by atoms with Crippen LogP contribution in [0.15, 0.2) is 56.9 Å². The monoisotopic (exact) mass is 420 g/mol. The lowest BCUT2D eigenvalue weighted by molar-refractivity contribution is 0.484. The van der Waals surface area contributed by atoms with Crippen LogP contribution >= 0.6 is 0 Å². The fraction of sp³-hybridized carbons (Fsp3) is 0.0909. The van der Waals surface area contributed by atoms with E-state index < -0.39 is 10.1 Å². The van der Waals surface area contributed by atoms with E-state index >= 15 is 0 Å². The van der Waals surface area contributed by atoms with Crippen LogP contribution in [0.2, 0.25) is 0 Å². The van der Waals surface area contributed by atoms with Crippen molar-refractivity contribution in [1.82, 2.24) is 9.97 Å². The Balaban J connectivity index is 2.01. The Hall–Kier alpha value is -3.49. The van der Waals surface area contributed by atoms with E-state index in [0.717, 1.165) is 5.56 Å². The number of benzene rings is 3. The van der Waals surface area contributed by atoms with Crippen molar-refractivity contribution >= 4 is 53.7 Å². The maximum absolute atomic E-state index is 13.2. The van der Waals surface area contributed by atoms with Crippen LogP contribution in [0.5, 0.6) is 0 Å². The largest absolute Gasteiger partial charge is 0.354 e. The van der Waals surface area contributed by atoms with E-state index in [1.165, 1.54) is 12.1 Å². The van der Waals surface area contributed by atoms with Gasteiger partial charge in [-0.2, -0.15) is 8.42 Å². The fourth-order valence-corrected chi connectivity index (χ4v) is 4.73. The third-order valence-corrected chi connectivity index (χ3v) is 6.24. The van der Waals surface area contributed by atoms with Crippen LogP contribution in [-0.2, 0) is 10.1 Å². The minimum atomic E-state index is -4.56. The molecule has 150 valence electrons. The predicted molar refractivity (Wildman–Crippen MR) is 117 cm³/mol. The van der Waals surface area contributed by atoms with Gasteiger partial charge in [-0.05, 0) is 61.4 Å². The molecule has 3 aromatic carbocycles. The van der Waals surface area contributed by atoms with Crippen LogP contribution < -0.4 is 10.9 Å². The summed E-state index contributed by atoms with van der Waals surface area (Å²) >= 11 is 0. The lowest BCUT2D eigenvalue weighted by Gasteiger charge is -2.10. The van der Waals surface area contributed by atoms with Crippen LogP contribution in [0.1, 0.15) is 11.1 Å². The van der Waals surface area contributed by atoms with Gasteiger partial charge in [0.25, 0.3) is 10.1 Å². The number of aromatic nitrogens is 2. The van der Waals surface area contributed by atoms with Crippen molar-refractivity contribution in [1.29, 1.82) is 0 Å². The van der Waals surface area contributed by atoms with Gasteiger partial charge in [0.1, 0.15) is 4.90 Å². The molecule has 0 aliphatic heterocycles. The molecule has 0 amide bonds. The van der Waals surface area contributed by atoms with Gasteiger partial charge in [-0.1, -0.05) is 6.07 Å². The standard InChI is InChI=1S/C22H16N2O5S/c1-10-3-4-12-16(6-10)23-17-8-14-18(9-13(17)21(12)25)24-20-15(22(14)26)5-11(2)7-19(20)30(27,28)29/h3-9H,1-2H3,(H,23,25)(H,24,26)(H,27,28,29). The van der Waals surface area contributed by atoms with Gasteiger partial charge in [0.2, 0.25) is 0 Å². The Morgan fingerprint density at radius 2 is 1.30 bits per heavy atom. The molecule has 0 aliphatic rings. The lowest BCUT2D eigenvalue weighted by atomic mass is 10.0. The Labute approximate surface area is 169 Å². The normalized spacial score (nSPS) is 12.4. The molecule has 5 rings (SSSR count). The number of H-pyrrole nitrogens is 2. The van der Waals surface area contributed by atoms with Gasteiger partial charge in [-0.15, -0.1) is 0 Å². The summed E-state index contributed by atoms with van der Waals surface area (Å²) in [7, 11) is -4.56. The summed E-state index contributed by atoms with van der Waals surface area (Å²) in [5.74, 6) is 0. The summed E-state index contributed by atoms with van der Waals surface area (Å²) in [6.45, 7) is 3.57. The Kier molecular flexibility index (Phi) is 3.71. The van der Waals surface area contributed by atoms with Crippen LogP contribution in [0.4, 0.5) is 0 Å². The topological polar surface area (TPSA) is 120 Å². The van der Waals surface area contributed by atoms with Crippen molar-refractivity contribution in [3.8, 4) is 0 Å². The predicted octanol–water partition coefficient (Wildman–Crippen LogP) is 3.54. The van der Waals surface area contributed by atoms with Crippen molar-refractivity contribution in [3.05, 3.63) is 74.0 Å². The van der Waals surface area contributed by atoms with E-state index in [4.69, 9.17) is 0 Å². The van der Waals surface area contributed by atoms with Crippen molar-refractivity contribution in [2.75, 3.05) is 0 Å². The first kappa shape index (κ1) is 18.5. The molecule has 0 saturated heterocycles. The first-order valence-corrected chi connectivity index (χ1v) is 10.6. The molecule has 0 fully saturated rings. The number of hydrogen-bond donors (Lipinski definition) is 3. The molecule has 0 bridgehead atoms.